The second-order valence-electron chi connectivity index (χ2n) is 3.24. The van der Waals surface area contributed by atoms with Gasteiger partial charge in [-0.2, -0.15) is 18.8 Å². The fourth-order valence-electron chi connectivity index (χ4n) is 1.54. The molecule has 0 aliphatic rings. The molecular formula is C10H20BW. The van der Waals surface area contributed by atoms with Crippen LogP contribution in [-0.2, 0) is 21.1 Å². The van der Waals surface area contributed by atoms with E-state index < -0.39 is 0 Å². The van der Waals surface area contributed by atoms with Crippen molar-refractivity contribution in [1.29, 1.82) is 0 Å². The third kappa shape index (κ3) is 6.29. The van der Waals surface area contributed by atoms with E-state index in [2.05, 4.69) is 41.0 Å². The van der Waals surface area contributed by atoms with Gasteiger partial charge >= 0.3 is 21.1 Å². The van der Waals surface area contributed by atoms with Gasteiger partial charge in [0.25, 0.3) is 0 Å². The zero-order chi connectivity index (χ0) is 8.15. The summed E-state index contributed by atoms with van der Waals surface area (Å²) in [4.78, 5) is 0. The molecule has 0 aromatic rings. The molecule has 0 aromatic carbocycles. The molecule has 0 heterocycles. The van der Waals surface area contributed by atoms with Crippen LogP contribution in [0.3, 0.4) is 0 Å². The normalized spacial score (nSPS) is 16.8. The van der Waals surface area contributed by atoms with Gasteiger partial charge in [-0.05, 0) is 0 Å². The van der Waals surface area contributed by atoms with Crippen LogP contribution in [0.1, 0.15) is 34.1 Å². The molecule has 0 saturated carbocycles. The minimum absolute atomic E-state index is 0. The van der Waals surface area contributed by atoms with Crippen molar-refractivity contribution in [2.75, 3.05) is 0 Å². The van der Waals surface area contributed by atoms with Crippen LogP contribution in [0, 0.1) is 31.1 Å². The van der Waals surface area contributed by atoms with Gasteiger partial charge in [-0.15, -0.1) is 0 Å². The number of hydrogen-bond acceptors (Lipinski definition) is 0. The van der Waals surface area contributed by atoms with E-state index in [4.69, 9.17) is 0 Å². The van der Waals surface area contributed by atoms with Crippen LogP contribution in [0.15, 0.2) is 0 Å². The van der Waals surface area contributed by atoms with Crippen molar-refractivity contribution >= 4 is 8.41 Å². The van der Waals surface area contributed by atoms with Gasteiger partial charge in [0.05, 0.1) is 0 Å². The molecule has 0 aromatic heterocycles. The summed E-state index contributed by atoms with van der Waals surface area (Å²) in [5, 5.41) is 0. The molecule has 0 N–H and O–H groups in total. The fourth-order valence-corrected chi connectivity index (χ4v) is 1.54. The molecule has 2 heteroatoms. The molecule has 0 fully saturated rings. The van der Waals surface area contributed by atoms with Crippen LogP contribution in [0.2, 0.25) is 0 Å². The summed E-state index contributed by atoms with van der Waals surface area (Å²) in [5.41, 5.74) is 0. The predicted octanol–water partition coefficient (Wildman–Crippen LogP) is 2.96. The summed E-state index contributed by atoms with van der Waals surface area (Å²) in [6, 6.07) is 0. The summed E-state index contributed by atoms with van der Waals surface area (Å²) in [5.74, 6) is 2.07. The minimum atomic E-state index is 0. The third-order valence-electron chi connectivity index (χ3n) is 2.40. The first-order valence-corrected chi connectivity index (χ1v) is 4.26. The maximum atomic E-state index is 4.06. The van der Waals surface area contributed by atoms with Crippen molar-refractivity contribution in [3.05, 3.63) is 13.3 Å². The van der Waals surface area contributed by atoms with Crippen molar-refractivity contribution in [3.8, 4) is 0 Å². The van der Waals surface area contributed by atoms with Crippen molar-refractivity contribution < 1.29 is 21.1 Å². The zero-order valence-electron chi connectivity index (χ0n) is 8.71. The molecule has 69 valence electrons. The van der Waals surface area contributed by atoms with Crippen LogP contribution >= 0.6 is 0 Å². The Labute approximate surface area is 94.7 Å². The van der Waals surface area contributed by atoms with Gasteiger partial charge in [-0.3, -0.25) is 0 Å². The van der Waals surface area contributed by atoms with E-state index in [0.29, 0.717) is 5.92 Å². The summed E-state index contributed by atoms with van der Waals surface area (Å²) in [7, 11) is 0. The van der Waals surface area contributed by atoms with E-state index in [-0.39, 0.29) is 29.5 Å². The van der Waals surface area contributed by atoms with Gasteiger partial charge in [0.2, 0.25) is 0 Å². The van der Waals surface area contributed by atoms with E-state index in [1.807, 2.05) is 0 Å². The number of hydrogen-bond donors (Lipinski definition) is 0. The summed E-state index contributed by atoms with van der Waals surface area (Å²) >= 11 is 0. The molecule has 3 atom stereocenters. The van der Waals surface area contributed by atoms with Crippen molar-refractivity contribution in [1.82, 2.24) is 0 Å². The Hall–Kier alpha value is 0.753. The molecule has 0 nitrogen and oxygen atoms in total. The van der Waals surface area contributed by atoms with Crippen molar-refractivity contribution in [3.63, 3.8) is 0 Å². The van der Waals surface area contributed by atoms with Gasteiger partial charge in [0.1, 0.15) is 0 Å². The van der Waals surface area contributed by atoms with Crippen molar-refractivity contribution in [2.45, 2.75) is 34.1 Å². The van der Waals surface area contributed by atoms with E-state index in [1.165, 1.54) is 6.42 Å². The first-order valence-electron chi connectivity index (χ1n) is 4.26. The first-order chi connectivity index (χ1) is 4.63. The van der Waals surface area contributed by atoms with Crippen LogP contribution in [0.5, 0.6) is 0 Å². The van der Waals surface area contributed by atoms with Crippen molar-refractivity contribution in [2.24, 2.45) is 17.8 Å². The average Bonchev–Trinajstić information content (AvgIpc) is 1.88. The van der Waals surface area contributed by atoms with Gasteiger partial charge < -0.3 is 13.3 Å². The van der Waals surface area contributed by atoms with E-state index in [1.54, 1.807) is 0 Å². The summed E-state index contributed by atoms with van der Waals surface area (Å²) in [6.45, 7) is 12.9. The van der Waals surface area contributed by atoms with Crippen LogP contribution in [0.4, 0.5) is 0 Å². The molecule has 0 amide bonds. The standard InChI is InChI=1S/C10H20.B.W/c1-6-9(5)10(7-2)8(3)4;;/h6,8-10H,3,7H2,1-2,4-5H3;;/q-2;;+2. The molecule has 12 heavy (non-hydrogen) atoms. The molecule has 0 spiro atoms. The second-order valence-corrected chi connectivity index (χ2v) is 3.24. The molecule has 3 unspecified atom stereocenters. The molecule has 3 radical (unpaired) electrons. The Morgan fingerprint density at radius 3 is 1.83 bits per heavy atom. The maximum absolute atomic E-state index is 4.06. The van der Waals surface area contributed by atoms with E-state index in [9.17, 15) is 0 Å². The topological polar surface area (TPSA) is 0 Å². The Morgan fingerprint density at radius 2 is 1.75 bits per heavy atom. The Morgan fingerprint density at radius 1 is 1.33 bits per heavy atom. The fraction of sp³-hybridized carbons (Fsp3) is 0.800. The Bertz CT molecular complexity index is 83.9. The third-order valence-corrected chi connectivity index (χ3v) is 2.40. The molecule has 0 saturated heterocycles. The largest absolute Gasteiger partial charge is 2.00 e. The minimum Gasteiger partial charge on any atom is -0.340 e. The Balaban J connectivity index is -0.000000405. The second kappa shape index (κ2) is 9.84. The van der Waals surface area contributed by atoms with E-state index >= 15 is 0 Å². The molecular weight excluding hydrogens is 315 g/mol. The summed E-state index contributed by atoms with van der Waals surface area (Å²) in [6.07, 6.45) is 3.52. The molecule has 0 aliphatic carbocycles. The maximum Gasteiger partial charge on any atom is 2.00 e. The van der Waals surface area contributed by atoms with Crippen LogP contribution in [0.25, 0.3) is 0 Å². The SMILES string of the molecule is [B].[CH2-]C(C)C(CC)C(C)[CH-]C.[W+2]. The molecule has 0 bridgehead atoms. The quantitative estimate of drug-likeness (QED) is 0.548. The average molecular weight is 335 g/mol. The van der Waals surface area contributed by atoms with Gasteiger partial charge in [-0.1, -0.05) is 33.1 Å². The predicted molar refractivity (Wildman–Crippen MR) is 53.2 cm³/mol. The smallest absolute Gasteiger partial charge is 0.340 e. The van der Waals surface area contributed by atoms with Gasteiger partial charge in [-0.25, -0.2) is 0 Å². The summed E-state index contributed by atoms with van der Waals surface area (Å²) < 4.78 is 0. The van der Waals surface area contributed by atoms with Crippen LogP contribution < -0.4 is 0 Å². The molecule has 0 rings (SSSR count). The van der Waals surface area contributed by atoms with Crippen LogP contribution in [-0.4, -0.2) is 8.41 Å². The molecule has 0 aliphatic heterocycles. The first kappa shape index (κ1) is 18.5. The van der Waals surface area contributed by atoms with E-state index in [0.717, 1.165) is 11.8 Å². The number of rotatable bonds is 4. The van der Waals surface area contributed by atoms with Gasteiger partial charge in [0, 0.05) is 8.41 Å². The zero-order valence-corrected chi connectivity index (χ0v) is 11.6. The Kier molecular flexibility index (Phi) is 15.2. The monoisotopic (exact) mass is 335 g/mol. The van der Waals surface area contributed by atoms with Gasteiger partial charge in [0.15, 0.2) is 0 Å².